The van der Waals surface area contributed by atoms with Gasteiger partial charge in [0.1, 0.15) is 0 Å². The lowest BCUT2D eigenvalue weighted by Crippen LogP contribution is -2.49. The normalized spacial score (nSPS) is 23.6. The number of hydrogen-bond acceptors (Lipinski definition) is 2. The largest absolute Gasteiger partial charge is 0.310 e. The second-order valence-corrected chi connectivity index (χ2v) is 6.47. The van der Waals surface area contributed by atoms with Gasteiger partial charge in [0.25, 0.3) is 0 Å². The Hall–Kier alpha value is -0.860. The lowest BCUT2D eigenvalue weighted by molar-refractivity contribution is 0.203. The van der Waals surface area contributed by atoms with Crippen molar-refractivity contribution in [3.63, 3.8) is 0 Å². The van der Waals surface area contributed by atoms with Gasteiger partial charge >= 0.3 is 0 Å². The molecule has 1 spiro atoms. The fourth-order valence-corrected chi connectivity index (χ4v) is 3.81. The van der Waals surface area contributed by atoms with Crippen molar-refractivity contribution in [2.75, 3.05) is 19.6 Å². The Kier molecular flexibility index (Phi) is 3.90. The molecular weight excluding hydrogens is 232 g/mol. The van der Waals surface area contributed by atoms with Crippen molar-refractivity contribution in [1.82, 2.24) is 10.2 Å². The maximum absolute atomic E-state index is 3.84. The SMILES string of the molecule is Cc1cccc(CN2CCCNC3(CCCC3)C2)c1. The Bertz CT molecular complexity index is 421. The van der Waals surface area contributed by atoms with Crippen LogP contribution in [0.1, 0.15) is 43.2 Å². The molecule has 1 aliphatic heterocycles. The van der Waals surface area contributed by atoms with Crippen molar-refractivity contribution in [2.45, 2.75) is 51.1 Å². The van der Waals surface area contributed by atoms with Crippen LogP contribution in [-0.4, -0.2) is 30.1 Å². The van der Waals surface area contributed by atoms with Gasteiger partial charge in [-0.25, -0.2) is 0 Å². The molecule has 0 aromatic heterocycles. The molecule has 0 bridgehead atoms. The van der Waals surface area contributed by atoms with Gasteiger partial charge in [-0.1, -0.05) is 42.7 Å². The first kappa shape index (κ1) is 13.1. The summed E-state index contributed by atoms with van der Waals surface area (Å²) in [7, 11) is 0. The van der Waals surface area contributed by atoms with Crippen LogP contribution in [0.3, 0.4) is 0 Å². The highest BCUT2D eigenvalue weighted by molar-refractivity contribution is 5.22. The van der Waals surface area contributed by atoms with Crippen molar-refractivity contribution >= 4 is 0 Å². The van der Waals surface area contributed by atoms with Crippen molar-refractivity contribution in [3.8, 4) is 0 Å². The molecule has 2 heteroatoms. The van der Waals surface area contributed by atoms with E-state index in [1.807, 2.05) is 0 Å². The number of nitrogens with zero attached hydrogens (tertiary/aromatic N) is 1. The number of aryl methyl sites for hydroxylation is 1. The van der Waals surface area contributed by atoms with Crippen LogP contribution < -0.4 is 5.32 Å². The molecule has 0 radical (unpaired) electrons. The number of benzene rings is 1. The van der Waals surface area contributed by atoms with Gasteiger partial charge in [0, 0.05) is 18.6 Å². The Balaban J connectivity index is 1.69. The van der Waals surface area contributed by atoms with Crippen LogP contribution in [0.15, 0.2) is 24.3 Å². The predicted octanol–water partition coefficient (Wildman–Crippen LogP) is 3.10. The predicted molar refractivity (Wildman–Crippen MR) is 80.3 cm³/mol. The van der Waals surface area contributed by atoms with Crippen LogP contribution in [0, 0.1) is 6.92 Å². The van der Waals surface area contributed by atoms with Crippen LogP contribution in [-0.2, 0) is 6.54 Å². The third-order valence-corrected chi connectivity index (χ3v) is 4.73. The Morgan fingerprint density at radius 2 is 2.05 bits per heavy atom. The smallest absolute Gasteiger partial charge is 0.0308 e. The standard InChI is InChI=1S/C17H26N2/c1-15-6-4-7-16(12-15)13-19-11-5-10-18-17(14-19)8-2-3-9-17/h4,6-7,12,18H,2-3,5,8-11,13-14H2,1H3. The summed E-state index contributed by atoms with van der Waals surface area (Å²) >= 11 is 0. The number of hydrogen-bond donors (Lipinski definition) is 1. The summed E-state index contributed by atoms with van der Waals surface area (Å²) in [6, 6.07) is 8.98. The molecule has 1 saturated heterocycles. The fourth-order valence-electron chi connectivity index (χ4n) is 3.81. The summed E-state index contributed by atoms with van der Waals surface area (Å²) in [6.07, 6.45) is 6.85. The zero-order valence-electron chi connectivity index (χ0n) is 12.1. The zero-order chi connectivity index (χ0) is 13.1. The molecule has 104 valence electrons. The summed E-state index contributed by atoms with van der Waals surface area (Å²) in [6.45, 7) is 6.98. The van der Waals surface area contributed by atoms with Crippen molar-refractivity contribution in [2.24, 2.45) is 0 Å². The van der Waals surface area contributed by atoms with Gasteiger partial charge in [-0.05, 0) is 44.8 Å². The van der Waals surface area contributed by atoms with E-state index < -0.39 is 0 Å². The third-order valence-electron chi connectivity index (χ3n) is 4.73. The van der Waals surface area contributed by atoms with E-state index in [2.05, 4.69) is 41.4 Å². The van der Waals surface area contributed by atoms with Gasteiger partial charge in [-0.3, -0.25) is 4.90 Å². The highest BCUT2D eigenvalue weighted by atomic mass is 15.2. The Labute approximate surface area is 117 Å². The first-order valence-electron chi connectivity index (χ1n) is 7.79. The molecule has 2 aliphatic rings. The highest BCUT2D eigenvalue weighted by Gasteiger charge is 2.36. The molecule has 1 heterocycles. The lowest BCUT2D eigenvalue weighted by Gasteiger charge is -2.33. The van der Waals surface area contributed by atoms with Gasteiger partial charge in [-0.2, -0.15) is 0 Å². The third kappa shape index (κ3) is 3.18. The molecule has 0 amide bonds. The maximum Gasteiger partial charge on any atom is 0.0308 e. The van der Waals surface area contributed by atoms with E-state index in [0.29, 0.717) is 5.54 Å². The van der Waals surface area contributed by atoms with Crippen molar-refractivity contribution in [1.29, 1.82) is 0 Å². The molecule has 2 nitrogen and oxygen atoms in total. The Morgan fingerprint density at radius 3 is 2.84 bits per heavy atom. The first-order chi connectivity index (χ1) is 9.26. The van der Waals surface area contributed by atoms with E-state index >= 15 is 0 Å². The van der Waals surface area contributed by atoms with Gasteiger partial charge in [0.15, 0.2) is 0 Å². The summed E-state index contributed by atoms with van der Waals surface area (Å²) in [5, 5.41) is 3.84. The fraction of sp³-hybridized carbons (Fsp3) is 0.647. The topological polar surface area (TPSA) is 15.3 Å². The molecule has 1 aromatic rings. The maximum atomic E-state index is 3.84. The first-order valence-corrected chi connectivity index (χ1v) is 7.79. The molecular formula is C17H26N2. The molecule has 1 N–H and O–H groups in total. The average Bonchev–Trinajstić information content (AvgIpc) is 2.73. The van der Waals surface area contributed by atoms with Gasteiger partial charge < -0.3 is 5.32 Å². The molecule has 0 unspecified atom stereocenters. The van der Waals surface area contributed by atoms with Crippen molar-refractivity contribution in [3.05, 3.63) is 35.4 Å². The molecule has 1 saturated carbocycles. The zero-order valence-corrected chi connectivity index (χ0v) is 12.1. The molecule has 19 heavy (non-hydrogen) atoms. The van der Waals surface area contributed by atoms with Gasteiger partial charge in [-0.15, -0.1) is 0 Å². The lowest BCUT2D eigenvalue weighted by atomic mass is 9.97. The summed E-state index contributed by atoms with van der Waals surface area (Å²) in [5.74, 6) is 0. The molecule has 3 rings (SSSR count). The van der Waals surface area contributed by atoms with E-state index in [1.165, 1.54) is 62.9 Å². The van der Waals surface area contributed by atoms with Gasteiger partial charge in [0.05, 0.1) is 0 Å². The van der Waals surface area contributed by atoms with Crippen LogP contribution in [0.5, 0.6) is 0 Å². The minimum atomic E-state index is 0.431. The van der Waals surface area contributed by atoms with Crippen LogP contribution in [0.25, 0.3) is 0 Å². The van der Waals surface area contributed by atoms with Crippen LogP contribution >= 0.6 is 0 Å². The van der Waals surface area contributed by atoms with Crippen molar-refractivity contribution < 1.29 is 0 Å². The molecule has 0 atom stereocenters. The highest BCUT2D eigenvalue weighted by Crippen LogP contribution is 2.32. The van der Waals surface area contributed by atoms with Crippen LogP contribution in [0.4, 0.5) is 0 Å². The van der Waals surface area contributed by atoms with E-state index in [0.717, 1.165) is 6.54 Å². The van der Waals surface area contributed by atoms with E-state index in [4.69, 9.17) is 0 Å². The second-order valence-electron chi connectivity index (χ2n) is 6.47. The van der Waals surface area contributed by atoms with E-state index in [9.17, 15) is 0 Å². The van der Waals surface area contributed by atoms with E-state index in [1.54, 1.807) is 0 Å². The summed E-state index contributed by atoms with van der Waals surface area (Å²) < 4.78 is 0. The molecule has 1 aliphatic carbocycles. The van der Waals surface area contributed by atoms with Gasteiger partial charge in [0.2, 0.25) is 0 Å². The average molecular weight is 258 g/mol. The molecule has 1 aromatic carbocycles. The summed E-state index contributed by atoms with van der Waals surface area (Å²) in [4.78, 5) is 2.67. The minimum absolute atomic E-state index is 0.431. The minimum Gasteiger partial charge on any atom is -0.310 e. The number of nitrogens with one attached hydrogen (secondary N) is 1. The second kappa shape index (κ2) is 5.64. The monoisotopic (exact) mass is 258 g/mol. The van der Waals surface area contributed by atoms with Crippen LogP contribution in [0.2, 0.25) is 0 Å². The van der Waals surface area contributed by atoms with E-state index in [-0.39, 0.29) is 0 Å². The number of rotatable bonds is 2. The quantitative estimate of drug-likeness (QED) is 0.877. The Morgan fingerprint density at radius 1 is 1.21 bits per heavy atom. The summed E-state index contributed by atoms with van der Waals surface area (Å²) in [5.41, 5.74) is 3.27. The molecule has 2 fully saturated rings.